The fraction of sp³-hybridized carbons (Fsp3) is 0.125. The van der Waals surface area contributed by atoms with Gasteiger partial charge in [0.15, 0.2) is 0 Å². The Morgan fingerprint density at radius 2 is 2.33 bits per heavy atom. The lowest BCUT2D eigenvalue weighted by molar-refractivity contribution is -0.104. The molecule has 0 aromatic carbocycles. The average Bonchev–Trinajstić information content (AvgIpc) is 2.15. The van der Waals surface area contributed by atoms with Crippen LogP contribution in [0.25, 0.3) is 6.08 Å². The fourth-order valence-corrected chi connectivity index (χ4v) is 0.679. The number of rotatable bonds is 3. The number of aromatic nitrogens is 2. The predicted octanol–water partition coefficient (Wildman–Crippen LogP) is 0.697. The standard InChI is InChI=1S/C8H8N2O2/c1-12-8-6-9-5-7(10-8)3-2-4-11/h2-6H,1H3/b3-2+. The van der Waals surface area contributed by atoms with Crippen LogP contribution >= 0.6 is 0 Å². The van der Waals surface area contributed by atoms with Gasteiger partial charge in [0.25, 0.3) is 0 Å². The van der Waals surface area contributed by atoms with Gasteiger partial charge >= 0.3 is 0 Å². The summed E-state index contributed by atoms with van der Waals surface area (Å²) in [6, 6.07) is 0. The Labute approximate surface area is 69.9 Å². The lowest BCUT2D eigenvalue weighted by atomic mass is 10.4. The second-order valence-corrected chi connectivity index (χ2v) is 1.98. The summed E-state index contributed by atoms with van der Waals surface area (Å²) in [6.45, 7) is 0. The molecule has 12 heavy (non-hydrogen) atoms. The molecule has 0 saturated carbocycles. The average molecular weight is 164 g/mol. The first-order valence-corrected chi connectivity index (χ1v) is 3.34. The van der Waals surface area contributed by atoms with Crippen molar-refractivity contribution in [1.29, 1.82) is 0 Å². The first kappa shape index (κ1) is 8.39. The Morgan fingerprint density at radius 1 is 1.50 bits per heavy atom. The summed E-state index contributed by atoms with van der Waals surface area (Å²) < 4.78 is 4.84. The van der Waals surface area contributed by atoms with Crippen LogP contribution in [0.3, 0.4) is 0 Å². The Hall–Kier alpha value is -1.71. The van der Waals surface area contributed by atoms with Crippen LogP contribution in [0.5, 0.6) is 5.88 Å². The van der Waals surface area contributed by atoms with E-state index in [1.54, 1.807) is 12.3 Å². The smallest absolute Gasteiger partial charge is 0.232 e. The number of ether oxygens (including phenoxy) is 1. The van der Waals surface area contributed by atoms with Crippen molar-refractivity contribution in [3.05, 3.63) is 24.2 Å². The van der Waals surface area contributed by atoms with Crippen molar-refractivity contribution in [2.24, 2.45) is 0 Å². The van der Waals surface area contributed by atoms with E-state index in [1.165, 1.54) is 19.4 Å². The van der Waals surface area contributed by atoms with Crippen LogP contribution in [0.2, 0.25) is 0 Å². The van der Waals surface area contributed by atoms with Gasteiger partial charge in [-0.1, -0.05) is 0 Å². The molecule has 1 rings (SSSR count). The summed E-state index contributed by atoms with van der Waals surface area (Å²) in [5.74, 6) is 0.433. The highest BCUT2D eigenvalue weighted by Crippen LogP contribution is 2.04. The minimum atomic E-state index is 0.433. The molecule has 0 atom stereocenters. The third-order valence-corrected chi connectivity index (χ3v) is 1.19. The van der Waals surface area contributed by atoms with E-state index in [1.807, 2.05) is 0 Å². The SMILES string of the molecule is COc1cncc(/C=C/C=O)n1. The molecule has 0 radical (unpaired) electrons. The van der Waals surface area contributed by atoms with Gasteiger partial charge in [-0.25, -0.2) is 4.98 Å². The highest BCUT2D eigenvalue weighted by Gasteiger charge is 1.92. The minimum absolute atomic E-state index is 0.433. The van der Waals surface area contributed by atoms with Crippen LogP contribution in [0, 0.1) is 0 Å². The van der Waals surface area contributed by atoms with Crippen LogP contribution < -0.4 is 4.74 Å². The zero-order valence-electron chi connectivity index (χ0n) is 6.60. The summed E-state index contributed by atoms with van der Waals surface area (Å²) >= 11 is 0. The van der Waals surface area contributed by atoms with Crippen molar-refractivity contribution in [2.75, 3.05) is 7.11 Å². The summed E-state index contributed by atoms with van der Waals surface area (Å²) in [4.78, 5) is 17.8. The largest absolute Gasteiger partial charge is 0.480 e. The van der Waals surface area contributed by atoms with Crippen LogP contribution in [0.1, 0.15) is 5.69 Å². The van der Waals surface area contributed by atoms with Gasteiger partial charge < -0.3 is 4.74 Å². The van der Waals surface area contributed by atoms with Gasteiger partial charge in [-0.05, 0) is 12.2 Å². The van der Waals surface area contributed by atoms with E-state index in [0.29, 0.717) is 17.9 Å². The molecule has 0 unspecified atom stereocenters. The molecule has 4 nitrogen and oxygen atoms in total. The molecular formula is C8H8N2O2. The summed E-state index contributed by atoms with van der Waals surface area (Å²) in [5.41, 5.74) is 0.599. The molecule has 4 heteroatoms. The van der Waals surface area contributed by atoms with Crippen molar-refractivity contribution in [1.82, 2.24) is 9.97 Å². The first-order chi connectivity index (χ1) is 5.86. The number of carbonyl (C=O) groups is 1. The highest BCUT2D eigenvalue weighted by molar-refractivity contribution is 5.72. The molecule has 0 amide bonds. The summed E-state index contributed by atoms with van der Waals surface area (Å²) in [7, 11) is 1.51. The Kier molecular flexibility index (Phi) is 2.95. The number of hydrogen-bond acceptors (Lipinski definition) is 4. The van der Waals surface area contributed by atoms with Crippen LogP contribution in [-0.4, -0.2) is 23.4 Å². The molecule has 0 fully saturated rings. The van der Waals surface area contributed by atoms with Gasteiger partial charge in [-0.3, -0.25) is 9.78 Å². The maximum absolute atomic E-state index is 9.97. The molecule has 0 bridgehead atoms. The summed E-state index contributed by atoms with van der Waals surface area (Å²) in [5, 5.41) is 0. The third-order valence-electron chi connectivity index (χ3n) is 1.19. The maximum Gasteiger partial charge on any atom is 0.232 e. The molecule has 0 aliphatic rings. The molecule has 0 aliphatic carbocycles. The summed E-state index contributed by atoms with van der Waals surface area (Å²) in [6.07, 6.45) is 6.63. The molecule has 1 aromatic rings. The van der Waals surface area contributed by atoms with E-state index >= 15 is 0 Å². The molecule has 0 N–H and O–H groups in total. The normalized spacial score (nSPS) is 10.1. The number of hydrogen-bond donors (Lipinski definition) is 0. The molecule has 0 spiro atoms. The molecular weight excluding hydrogens is 156 g/mol. The number of aldehydes is 1. The van der Waals surface area contributed by atoms with Crippen LogP contribution in [0.15, 0.2) is 18.5 Å². The number of methoxy groups -OCH3 is 1. The molecule has 0 saturated heterocycles. The Morgan fingerprint density at radius 3 is 3.00 bits per heavy atom. The zero-order chi connectivity index (χ0) is 8.81. The second-order valence-electron chi connectivity index (χ2n) is 1.98. The molecule has 0 aliphatic heterocycles. The van der Waals surface area contributed by atoms with Crippen LogP contribution in [-0.2, 0) is 4.79 Å². The van der Waals surface area contributed by atoms with E-state index in [2.05, 4.69) is 9.97 Å². The quantitative estimate of drug-likeness (QED) is 0.487. The van der Waals surface area contributed by atoms with Gasteiger partial charge in [0.05, 0.1) is 25.2 Å². The van der Waals surface area contributed by atoms with Gasteiger partial charge in [-0.15, -0.1) is 0 Å². The van der Waals surface area contributed by atoms with Crippen molar-refractivity contribution >= 4 is 12.4 Å². The van der Waals surface area contributed by atoms with Gasteiger partial charge in [-0.2, -0.15) is 0 Å². The predicted molar refractivity (Wildman–Crippen MR) is 43.7 cm³/mol. The second kappa shape index (κ2) is 4.23. The van der Waals surface area contributed by atoms with E-state index in [0.717, 1.165) is 0 Å². The first-order valence-electron chi connectivity index (χ1n) is 3.34. The van der Waals surface area contributed by atoms with Gasteiger partial charge in [0.1, 0.15) is 6.29 Å². The van der Waals surface area contributed by atoms with Gasteiger partial charge in [0, 0.05) is 0 Å². The van der Waals surface area contributed by atoms with E-state index < -0.39 is 0 Å². The van der Waals surface area contributed by atoms with E-state index in [9.17, 15) is 4.79 Å². The van der Waals surface area contributed by atoms with Crippen molar-refractivity contribution in [3.8, 4) is 5.88 Å². The fourth-order valence-electron chi connectivity index (χ4n) is 0.679. The number of allylic oxidation sites excluding steroid dienone is 1. The van der Waals surface area contributed by atoms with E-state index in [4.69, 9.17) is 4.74 Å². The monoisotopic (exact) mass is 164 g/mol. The molecule has 62 valence electrons. The van der Waals surface area contributed by atoms with Crippen LogP contribution in [0.4, 0.5) is 0 Å². The third kappa shape index (κ3) is 2.16. The van der Waals surface area contributed by atoms with Crippen molar-refractivity contribution < 1.29 is 9.53 Å². The lowest BCUT2D eigenvalue weighted by Crippen LogP contribution is -1.90. The lowest BCUT2D eigenvalue weighted by Gasteiger charge is -1.96. The minimum Gasteiger partial charge on any atom is -0.480 e. The molecule has 1 aromatic heterocycles. The number of carbonyl (C=O) groups excluding carboxylic acids is 1. The highest BCUT2D eigenvalue weighted by atomic mass is 16.5. The van der Waals surface area contributed by atoms with Crippen molar-refractivity contribution in [2.45, 2.75) is 0 Å². The van der Waals surface area contributed by atoms with Crippen molar-refractivity contribution in [3.63, 3.8) is 0 Å². The zero-order valence-corrected chi connectivity index (χ0v) is 6.60. The van der Waals surface area contributed by atoms with Gasteiger partial charge in [0.2, 0.25) is 5.88 Å². The Bertz CT molecular complexity index is 297. The molecule has 1 heterocycles. The number of nitrogens with zero attached hydrogens (tertiary/aromatic N) is 2. The van der Waals surface area contributed by atoms with E-state index in [-0.39, 0.29) is 0 Å². The topological polar surface area (TPSA) is 52.1 Å². The maximum atomic E-state index is 9.97. The Balaban J connectivity index is 2.86.